The zero-order valence-corrected chi connectivity index (χ0v) is 18.9. The van der Waals surface area contributed by atoms with Gasteiger partial charge >= 0.3 is 0 Å². The molecule has 0 saturated carbocycles. The average Bonchev–Trinajstić information content (AvgIpc) is 3.52. The van der Waals surface area contributed by atoms with Gasteiger partial charge in [-0.1, -0.05) is 54.6 Å². The molecule has 1 N–H and O–H groups in total. The van der Waals surface area contributed by atoms with E-state index in [4.69, 9.17) is 4.74 Å². The maximum absolute atomic E-state index is 14.2. The van der Waals surface area contributed by atoms with Crippen molar-refractivity contribution in [2.75, 3.05) is 11.9 Å². The Hall–Kier alpha value is -3.78. The molecule has 3 heterocycles. The van der Waals surface area contributed by atoms with Crippen LogP contribution in [-0.4, -0.2) is 34.4 Å². The number of nitrogens with one attached hydrogen (secondary N) is 1. The van der Waals surface area contributed by atoms with Crippen LogP contribution in [0, 0.1) is 15.9 Å². The summed E-state index contributed by atoms with van der Waals surface area (Å²) < 4.78 is 20.3. The molecule has 0 aliphatic carbocycles. The number of halogens is 1. The van der Waals surface area contributed by atoms with Crippen LogP contribution in [0.15, 0.2) is 72.8 Å². The van der Waals surface area contributed by atoms with Gasteiger partial charge in [-0.05, 0) is 31.0 Å². The van der Waals surface area contributed by atoms with Gasteiger partial charge in [-0.25, -0.2) is 4.39 Å². The van der Waals surface area contributed by atoms with E-state index in [0.717, 1.165) is 12.8 Å². The molecule has 35 heavy (non-hydrogen) atoms. The molecule has 0 unspecified atom stereocenters. The molecule has 8 heteroatoms. The van der Waals surface area contributed by atoms with E-state index < -0.39 is 17.5 Å². The van der Waals surface area contributed by atoms with Crippen molar-refractivity contribution in [3.63, 3.8) is 0 Å². The summed E-state index contributed by atoms with van der Waals surface area (Å²) in [6, 6.07) is 19.5. The fourth-order valence-corrected chi connectivity index (χ4v) is 6.41. The molecule has 0 bridgehead atoms. The van der Waals surface area contributed by atoms with Crippen molar-refractivity contribution in [3.05, 3.63) is 105 Å². The van der Waals surface area contributed by atoms with E-state index in [1.165, 1.54) is 6.07 Å². The summed E-state index contributed by atoms with van der Waals surface area (Å²) in [6.07, 6.45) is 1.59. The number of amides is 1. The lowest BCUT2D eigenvalue weighted by Gasteiger charge is -2.32. The summed E-state index contributed by atoms with van der Waals surface area (Å²) >= 11 is 0. The van der Waals surface area contributed by atoms with Crippen LogP contribution in [0.25, 0.3) is 0 Å². The zero-order valence-electron chi connectivity index (χ0n) is 18.9. The number of para-hydroxylation sites is 2. The van der Waals surface area contributed by atoms with Crippen LogP contribution in [0.2, 0.25) is 0 Å². The Morgan fingerprint density at radius 1 is 1.09 bits per heavy atom. The van der Waals surface area contributed by atoms with Crippen molar-refractivity contribution in [2.45, 2.75) is 43.0 Å². The molecule has 3 aromatic rings. The highest BCUT2D eigenvalue weighted by Crippen LogP contribution is 2.58. The van der Waals surface area contributed by atoms with Crippen LogP contribution >= 0.6 is 0 Å². The van der Waals surface area contributed by atoms with Gasteiger partial charge in [0.05, 0.1) is 5.92 Å². The monoisotopic (exact) mass is 473 g/mol. The third-order valence-corrected chi connectivity index (χ3v) is 7.71. The normalized spacial score (nSPS) is 27.0. The third-order valence-electron chi connectivity index (χ3n) is 7.71. The lowest BCUT2D eigenvalue weighted by Crippen LogP contribution is -2.55. The van der Waals surface area contributed by atoms with Crippen molar-refractivity contribution in [2.24, 2.45) is 0 Å². The van der Waals surface area contributed by atoms with Gasteiger partial charge in [0.2, 0.25) is 0 Å². The first kappa shape index (κ1) is 21.7. The number of benzene rings is 3. The third kappa shape index (κ3) is 3.09. The van der Waals surface area contributed by atoms with E-state index in [2.05, 4.69) is 5.32 Å². The zero-order chi connectivity index (χ0) is 24.2. The van der Waals surface area contributed by atoms with Crippen LogP contribution in [0.3, 0.4) is 0 Å². The average molecular weight is 474 g/mol. The van der Waals surface area contributed by atoms with E-state index in [0.29, 0.717) is 34.7 Å². The van der Waals surface area contributed by atoms with E-state index in [9.17, 15) is 19.3 Å². The van der Waals surface area contributed by atoms with E-state index >= 15 is 0 Å². The van der Waals surface area contributed by atoms with Crippen molar-refractivity contribution < 1.29 is 18.8 Å². The van der Waals surface area contributed by atoms with Gasteiger partial charge in [0.25, 0.3) is 11.9 Å². The largest absolute Gasteiger partial charge is 0.488 e. The number of ether oxygens (including phenoxy) is 1. The first-order valence-electron chi connectivity index (χ1n) is 11.8. The molecule has 178 valence electrons. The second-order valence-corrected chi connectivity index (χ2v) is 9.34. The molecule has 0 radical (unpaired) electrons. The molecule has 4 atom stereocenters. The number of fused-ring (bicyclic) bond motifs is 4. The van der Waals surface area contributed by atoms with Gasteiger partial charge in [-0.15, -0.1) is 0 Å². The molecule has 0 aromatic heterocycles. The molecule has 2 fully saturated rings. The van der Waals surface area contributed by atoms with Gasteiger partial charge in [0.15, 0.2) is 5.54 Å². The van der Waals surface area contributed by atoms with E-state index in [1.807, 2.05) is 35.2 Å². The summed E-state index contributed by atoms with van der Waals surface area (Å²) in [5.41, 5.74) is 0.981. The molecule has 7 nitrogen and oxygen atoms in total. The lowest BCUT2D eigenvalue weighted by atomic mass is 9.77. The second kappa shape index (κ2) is 8.16. The van der Waals surface area contributed by atoms with Gasteiger partial charge in [-0.3, -0.25) is 19.8 Å². The number of hydrogen-bond acceptors (Lipinski definition) is 5. The minimum absolute atomic E-state index is 0.00236. The van der Waals surface area contributed by atoms with E-state index in [1.54, 1.807) is 36.4 Å². The number of carbonyl (C=O) groups is 1. The van der Waals surface area contributed by atoms with E-state index in [-0.39, 0.29) is 29.3 Å². The molecule has 3 aromatic carbocycles. The quantitative estimate of drug-likeness (QED) is 0.437. The Labute approximate surface area is 201 Å². The molecule has 3 aliphatic rings. The fourth-order valence-electron chi connectivity index (χ4n) is 6.41. The molecular formula is C27H24FN3O4. The molecule has 3 aliphatic heterocycles. The maximum atomic E-state index is 14.2. The van der Waals surface area contributed by atoms with Crippen LogP contribution < -0.4 is 10.1 Å². The van der Waals surface area contributed by atoms with Gasteiger partial charge in [-0.2, -0.15) is 0 Å². The fraction of sp³-hybridized carbons (Fsp3) is 0.296. The van der Waals surface area contributed by atoms with Crippen molar-refractivity contribution in [1.82, 2.24) is 4.90 Å². The number of nitro groups is 1. The predicted octanol–water partition coefficient (Wildman–Crippen LogP) is 4.46. The Kier molecular flexibility index (Phi) is 5.07. The Morgan fingerprint density at radius 3 is 2.66 bits per heavy atom. The Balaban J connectivity index is 1.46. The molecular weight excluding hydrogens is 449 g/mol. The maximum Gasteiger partial charge on any atom is 0.256 e. The van der Waals surface area contributed by atoms with Crippen LogP contribution in [0.4, 0.5) is 10.1 Å². The van der Waals surface area contributed by atoms with Gasteiger partial charge < -0.3 is 10.1 Å². The van der Waals surface area contributed by atoms with Gasteiger partial charge in [0, 0.05) is 39.9 Å². The first-order chi connectivity index (χ1) is 17.0. The van der Waals surface area contributed by atoms with Gasteiger partial charge in [0.1, 0.15) is 18.2 Å². The summed E-state index contributed by atoms with van der Waals surface area (Å²) in [5.74, 6) is -0.807. The van der Waals surface area contributed by atoms with Crippen molar-refractivity contribution in [3.8, 4) is 5.75 Å². The smallest absolute Gasteiger partial charge is 0.256 e. The second-order valence-electron chi connectivity index (χ2n) is 9.34. The van der Waals surface area contributed by atoms with Crippen molar-refractivity contribution >= 4 is 11.6 Å². The summed E-state index contributed by atoms with van der Waals surface area (Å²) in [5, 5.41) is 15.7. The molecule has 2 saturated heterocycles. The predicted molar refractivity (Wildman–Crippen MR) is 127 cm³/mol. The Morgan fingerprint density at radius 2 is 1.83 bits per heavy atom. The number of anilines is 1. The highest BCUT2D eigenvalue weighted by molar-refractivity contribution is 6.07. The highest BCUT2D eigenvalue weighted by atomic mass is 19.1. The standard InChI is InChI=1S/C27H24FN3O4/c28-20-11-4-1-8-17(20)16-35-23-14-6-2-9-18(23)24-22-13-7-15-30(22)27(25(24)31(33)34)19-10-3-5-12-21(19)29-26(27)32/h1-6,8-12,14,22,24-25H,7,13,15-16H2,(H,29,32)/t22-,24-,25-,27+/m1/s1. The minimum atomic E-state index is -1.38. The molecule has 1 amide bonds. The van der Waals surface area contributed by atoms with Crippen LogP contribution in [-0.2, 0) is 16.9 Å². The summed E-state index contributed by atoms with van der Waals surface area (Å²) in [7, 11) is 0. The number of hydrogen-bond donors (Lipinski definition) is 1. The molecule has 6 rings (SSSR count). The topological polar surface area (TPSA) is 84.7 Å². The number of carbonyl (C=O) groups excluding carboxylic acids is 1. The summed E-state index contributed by atoms with van der Waals surface area (Å²) in [4.78, 5) is 28.1. The number of nitrogens with zero attached hydrogens (tertiary/aromatic N) is 2. The van der Waals surface area contributed by atoms with Crippen LogP contribution in [0.5, 0.6) is 5.75 Å². The minimum Gasteiger partial charge on any atom is -0.488 e. The first-order valence-corrected chi connectivity index (χ1v) is 11.8. The Bertz CT molecular complexity index is 1330. The number of rotatable bonds is 5. The van der Waals surface area contributed by atoms with Crippen LogP contribution in [0.1, 0.15) is 35.4 Å². The van der Waals surface area contributed by atoms with Crippen molar-refractivity contribution in [1.29, 1.82) is 0 Å². The lowest BCUT2D eigenvalue weighted by molar-refractivity contribution is -0.534. The highest BCUT2D eigenvalue weighted by Gasteiger charge is 2.73. The summed E-state index contributed by atoms with van der Waals surface area (Å²) in [6.45, 7) is 0.605. The molecule has 1 spiro atoms. The SMILES string of the molecule is O=C1Nc2ccccc2[C@]12[C@H]([N+](=O)[O-])[C@H](c1ccccc1OCc1ccccc1F)[C@H]1CCCN12.